The number of hydrogen-bond acceptors (Lipinski definition) is 3. The Morgan fingerprint density at radius 1 is 1.24 bits per heavy atom. The van der Waals surface area contributed by atoms with Gasteiger partial charge in [0, 0.05) is 6.54 Å². The average molecular weight is 366 g/mol. The molecule has 1 unspecified atom stereocenters. The van der Waals surface area contributed by atoms with Crippen LogP contribution in [-0.4, -0.2) is 38.7 Å². The summed E-state index contributed by atoms with van der Waals surface area (Å²) in [6.07, 6.45) is 0. The molecule has 2 N–H and O–H groups in total. The average Bonchev–Trinajstić information content (AvgIpc) is 2.59. The molecule has 2 aromatic carbocycles. The van der Waals surface area contributed by atoms with Gasteiger partial charge in [-0.2, -0.15) is 0 Å². The van der Waals surface area contributed by atoms with Crippen LogP contribution in [0.15, 0.2) is 42.5 Å². The molecule has 7 heteroatoms. The lowest BCUT2D eigenvalue weighted by atomic mass is 10.1. The SMILES string of the molecule is COc1ccc(C(CNC(=O)Nc2cccc(Cl)c2F)N(C)C)cc1. The maximum Gasteiger partial charge on any atom is 0.319 e. The van der Waals surface area contributed by atoms with Crippen molar-refractivity contribution in [2.45, 2.75) is 6.04 Å². The van der Waals surface area contributed by atoms with E-state index in [4.69, 9.17) is 16.3 Å². The predicted octanol–water partition coefficient (Wildman–Crippen LogP) is 3.91. The predicted molar refractivity (Wildman–Crippen MR) is 97.9 cm³/mol. The van der Waals surface area contributed by atoms with Crippen molar-refractivity contribution >= 4 is 23.3 Å². The Hall–Kier alpha value is -2.31. The molecular weight excluding hydrogens is 345 g/mol. The second-order valence-corrected chi connectivity index (χ2v) is 6.10. The van der Waals surface area contributed by atoms with Crippen molar-refractivity contribution in [2.24, 2.45) is 0 Å². The number of likely N-dealkylation sites (N-methyl/N-ethyl adjacent to an activating group) is 1. The van der Waals surface area contributed by atoms with Crippen LogP contribution in [0.3, 0.4) is 0 Å². The molecule has 0 aliphatic carbocycles. The van der Waals surface area contributed by atoms with Gasteiger partial charge in [0.1, 0.15) is 5.75 Å². The Labute approximate surface area is 151 Å². The van der Waals surface area contributed by atoms with Crippen LogP contribution < -0.4 is 15.4 Å². The van der Waals surface area contributed by atoms with Crippen LogP contribution >= 0.6 is 11.6 Å². The highest BCUT2D eigenvalue weighted by Gasteiger charge is 2.16. The first-order valence-corrected chi connectivity index (χ1v) is 8.09. The molecule has 134 valence electrons. The van der Waals surface area contributed by atoms with Crippen molar-refractivity contribution in [3.63, 3.8) is 0 Å². The third kappa shape index (κ3) is 5.08. The number of halogens is 2. The molecule has 0 aliphatic heterocycles. The van der Waals surface area contributed by atoms with Crippen LogP contribution in [0.25, 0.3) is 0 Å². The van der Waals surface area contributed by atoms with Crippen LogP contribution in [-0.2, 0) is 0 Å². The van der Waals surface area contributed by atoms with Crippen molar-refractivity contribution in [1.29, 1.82) is 0 Å². The molecule has 0 heterocycles. The van der Waals surface area contributed by atoms with Crippen molar-refractivity contribution in [1.82, 2.24) is 10.2 Å². The molecule has 0 bridgehead atoms. The molecule has 0 aromatic heterocycles. The molecule has 0 saturated heterocycles. The van der Waals surface area contributed by atoms with Crippen LogP contribution in [0, 0.1) is 5.82 Å². The number of anilines is 1. The minimum atomic E-state index is -0.654. The van der Waals surface area contributed by atoms with Gasteiger partial charge < -0.3 is 20.3 Å². The van der Waals surface area contributed by atoms with Gasteiger partial charge in [0.25, 0.3) is 0 Å². The van der Waals surface area contributed by atoms with Gasteiger partial charge in [-0.05, 0) is 43.9 Å². The fourth-order valence-corrected chi connectivity index (χ4v) is 2.56. The third-order valence-corrected chi connectivity index (χ3v) is 4.07. The van der Waals surface area contributed by atoms with E-state index in [0.717, 1.165) is 11.3 Å². The van der Waals surface area contributed by atoms with E-state index in [0.29, 0.717) is 6.54 Å². The van der Waals surface area contributed by atoms with Crippen LogP contribution in [0.4, 0.5) is 14.9 Å². The van der Waals surface area contributed by atoms with Gasteiger partial charge in [0.15, 0.2) is 5.82 Å². The van der Waals surface area contributed by atoms with Gasteiger partial charge in [-0.1, -0.05) is 29.8 Å². The first-order chi connectivity index (χ1) is 11.9. The van der Waals surface area contributed by atoms with Gasteiger partial charge in [0.05, 0.1) is 23.9 Å². The van der Waals surface area contributed by atoms with E-state index in [1.54, 1.807) is 13.2 Å². The quantitative estimate of drug-likeness (QED) is 0.816. The lowest BCUT2D eigenvalue weighted by molar-refractivity contribution is 0.243. The highest BCUT2D eigenvalue weighted by atomic mass is 35.5. The maximum absolute atomic E-state index is 13.8. The monoisotopic (exact) mass is 365 g/mol. The summed E-state index contributed by atoms with van der Waals surface area (Å²) in [4.78, 5) is 14.1. The van der Waals surface area contributed by atoms with Gasteiger partial charge >= 0.3 is 6.03 Å². The Morgan fingerprint density at radius 3 is 2.52 bits per heavy atom. The molecule has 25 heavy (non-hydrogen) atoms. The largest absolute Gasteiger partial charge is 0.497 e. The number of amides is 2. The zero-order valence-electron chi connectivity index (χ0n) is 14.3. The van der Waals surface area contributed by atoms with Gasteiger partial charge in [-0.15, -0.1) is 0 Å². The fraction of sp³-hybridized carbons (Fsp3) is 0.278. The van der Waals surface area contributed by atoms with Crippen molar-refractivity contribution < 1.29 is 13.9 Å². The minimum Gasteiger partial charge on any atom is -0.497 e. The van der Waals surface area contributed by atoms with Crippen molar-refractivity contribution in [2.75, 3.05) is 33.1 Å². The number of rotatable bonds is 6. The van der Waals surface area contributed by atoms with Crippen LogP contribution in [0.5, 0.6) is 5.75 Å². The zero-order chi connectivity index (χ0) is 18.4. The van der Waals surface area contributed by atoms with E-state index in [2.05, 4.69) is 10.6 Å². The summed E-state index contributed by atoms with van der Waals surface area (Å²) in [5, 5.41) is 5.18. The van der Waals surface area contributed by atoms with Crippen LogP contribution in [0.1, 0.15) is 11.6 Å². The molecule has 2 aromatic rings. The first-order valence-electron chi connectivity index (χ1n) is 7.71. The molecule has 1 atom stereocenters. The topological polar surface area (TPSA) is 53.6 Å². The van der Waals surface area contributed by atoms with E-state index >= 15 is 0 Å². The summed E-state index contributed by atoms with van der Waals surface area (Å²) in [5.74, 6) is 0.113. The summed E-state index contributed by atoms with van der Waals surface area (Å²) in [6, 6.07) is 11.5. The lowest BCUT2D eigenvalue weighted by Crippen LogP contribution is -2.37. The number of carbonyl (C=O) groups is 1. The standard InChI is InChI=1S/C18H21ClFN3O2/c1-23(2)16(12-7-9-13(25-3)10-8-12)11-21-18(24)22-15-6-4-5-14(19)17(15)20/h4-10,16H,11H2,1-3H3,(H2,21,22,24). The van der Waals surface area contributed by atoms with E-state index in [1.165, 1.54) is 12.1 Å². The molecule has 0 radical (unpaired) electrons. The number of methoxy groups -OCH3 is 1. The lowest BCUT2D eigenvalue weighted by Gasteiger charge is -2.25. The highest BCUT2D eigenvalue weighted by Crippen LogP contribution is 2.23. The van der Waals surface area contributed by atoms with Gasteiger partial charge in [-0.3, -0.25) is 0 Å². The van der Waals surface area contributed by atoms with E-state index in [9.17, 15) is 9.18 Å². The number of nitrogens with one attached hydrogen (secondary N) is 2. The Balaban J connectivity index is 2.00. The van der Waals surface area contributed by atoms with E-state index in [1.807, 2.05) is 43.3 Å². The fourth-order valence-electron chi connectivity index (χ4n) is 2.38. The molecule has 0 fully saturated rings. The summed E-state index contributed by atoms with van der Waals surface area (Å²) in [6.45, 7) is 0.355. The molecule has 0 aliphatic rings. The summed E-state index contributed by atoms with van der Waals surface area (Å²) < 4.78 is 19.0. The molecule has 2 rings (SSSR count). The summed E-state index contributed by atoms with van der Waals surface area (Å²) in [7, 11) is 5.45. The Bertz CT molecular complexity index is 723. The smallest absolute Gasteiger partial charge is 0.319 e. The van der Waals surface area contributed by atoms with Gasteiger partial charge in [0.2, 0.25) is 0 Å². The maximum atomic E-state index is 13.8. The third-order valence-electron chi connectivity index (χ3n) is 3.78. The normalized spacial score (nSPS) is 11.9. The van der Waals surface area contributed by atoms with E-state index < -0.39 is 11.8 Å². The number of urea groups is 1. The summed E-state index contributed by atoms with van der Waals surface area (Å²) in [5.41, 5.74) is 1.07. The molecule has 0 saturated carbocycles. The Morgan fingerprint density at radius 2 is 1.92 bits per heavy atom. The van der Waals surface area contributed by atoms with Gasteiger partial charge in [-0.25, -0.2) is 9.18 Å². The van der Waals surface area contributed by atoms with E-state index in [-0.39, 0.29) is 16.8 Å². The summed E-state index contributed by atoms with van der Waals surface area (Å²) >= 11 is 5.71. The van der Waals surface area contributed by atoms with Crippen LogP contribution in [0.2, 0.25) is 5.02 Å². The molecular formula is C18H21ClFN3O2. The number of ether oxygens (including phenoxy) is 1. The number of nitrogens with zero attached hydrogens (tertiary/aromatic N) is 1. The molecule has 2 amide bonds. The minimum absolute atomic E-state index is 0.0378. The zero-order valence-corrected chi connectivity index (χ0v) is 15.1. The first kappa shape index (κ1) is 19.0. The highest BCUT2D eigenvalue weighted by molar-refractivity contribution is 6.31. The molecule has 0 spiro atoms. The van der Waals surface area contributed by atoms with Crippen molar-refractivity contribution in [3.8, 4) is 5.75 Å². The second-order valence-electron chi connectivity index (χ2n) is 5.69. The number of carbonyl (C=O) groups excluding carboxylic acids is 1. The second kappa shape index (κ2) is 8.69. The Kier molecular flexibility index (Phi) is 6.61. The molecule has 5 nitrogen and oxygen atoms in total. The number of hydrogen-bond donors (Lipinski definition) is 2. The van der Waals surface area contributed by atoms with Crippen molar-refractivity contribution in [3.05, 3.63) is 58.9 Å². The number of benzene rings is 2.